The zero-order chi connectivity index (χ0) is 15.6. The largest absolute Gasteiger partial charge is 0.329 e. The average molecular weight is 283 g/mol. The van der Waals surface area contributed by atoms with Crippen LogP contribution in [-0.4, -0.2) is 18.6 Å². The Morgan fingerprint density at radius 3 is 2.05 bits per heavy atom. The van der Waals surface area contributed by atoms with Crippen LogP contribution in [-0.2, 0) is 0 Å². The van der Waals surface area contributed by atoms with Gasteiger partial charge in [0, 0.05) is 12.1 Å². The maximum Gasteiger partial charge on any atom is 0.0330 e. The third-order valence-corrected chi connectivity index (χ3v) is 5.82. The fourth-order valence-corrected chi connectivity index (χ4v) is 4.13. The second-order valence-electron chi connectivity index (χ2n) is 8.66. The van der Waals surface area contributed by atoms with E-state index in [0.717, 1.165) is 30.8 Å². The lowest BCUT2D eigenvalue weighted by Crippen LogP contribution is -2.60. The molecule has 0 aromatic carbocycles. The first-order chi connectivity index (χ1) is 9.13. The van der Waals surface area contributed by atoms with Crippen LogP contribution in [0.1, 0.15) is 67.7 Å². The molecule has 2 unspecified atom stereocenters. The van der Waals surface area contributed by atoms with E-state index >= 15 is 0 Å². The molecule has 20 heavy (non-hydrogen) atoms. The van der Waals surface area contributed by atoms with Crippen molar-refractivity contribution < 1.29 is 0 Å². The lowest BCUT2D eigenvalue weighted by molar-refractivity contribution is 0.0704. The highest BCUT2D eigenvalue weighted by Crippen LogP contribution is 2.43. The molecule has 0 amide bonds. The summed E-state index contributed by atoms with van der Waals surface area (Å²) in [5, 5.41) is 3.91. The predicted molar refractivity (Wildman–Crippen MR) is 89.8 cm³/mol. The average Bonchev–Trinajstić information content (AvgIpc) is 2.31. The van der Waals surface area contributed by atoms with Gasteiger partial charge in [0.15, 0.2) is 0 Å². The van der Waals surface area contributed by atoms with Gasteiger partial charge < -0.3 is 11.1 Å². The van der Waals surface area contributed by atoms with Crippen molar-refractivity contribution in [2.75, 3.05) is 13.1 Å². The molecule has 0 heterocycles. The third kappa shape index (κ3) is 4.21. The summed E-state index contributed by atoms with van der Waals surface area (Å²) in [7, 11) is 0. The summed E-state index contributed by atoms with van der Waals surface area (Å²) < 4.78 is 0. The topological polar surface area (TPSA) is 38.0 Å². The van der Waals surface area contributed by atoms with Crippen LogP contribution in [0.2, 0.25) is 0 Å². The van der Waals surface area contributed by atoms with Crippen molar-refractivity contribution in [1.29, 1.82) is 0 Å². The van der Waals surface area contributed by atoms with Gasteiger partial charge in [0.1, 0.15) is 0 Å². The van der Waals surface area contributed by atoms with Crippen LogP contribution in [0.4, 0.5) is 0 Å². The van der Waals surface area contributed by atoms with Gasteiger partial charge in [0.25, 0.3) is 0 Å². The second-order valence-corrected chi connectivity index (χ2v) is 8.66. The maximum atomic E-state index is 6.19. The number of hydrogen-bond acceptors (Lipinski definition) is 2. The van der Waals surface area contributed by atoms with Crippen molar-refractivity contribution in [3.63, 3.8) is 0 Å². The van der Waals surface area contributed by atoms with Crippen molar-refractivity contribution >= 4 is 0 Å². The highest BCUT2D eigenvalue weighted by atomic mass is 15.0. The molecule has 1 rings (SSSR count). The Bertz CT molecular complexity index is 288. The van der Waals surface area contributed by atoms with Crippen LogP contribution in [0.15, 0.2) is 0 Å². The minimum atomic E-state index is 0.164. The quantitative estimate of drug-likeness (QED) is 0.771. The lowest BCUT2D eigenvalue weighted by atomic mass is 9.63. The van der Waals surface area contributed by atoms with Crippen LogP contribution in [0.3, 0.4) is 0 Å². The van der Waals surface area contributed by atoms with Crippen molar-refractivity contribution in [2.45, 2.75) is 73.3 Å². The van der Waals surface area contributed by atoms with E-state index in [-0.39, 0.29) is 5.54 Å². The number of rotatable bonds is 6. The summed E-state index contributed by atoms with van der Waals surface area (Å²) in [5.74, 6) is 2.86. The molecule has 0 aromatic rings. The molecule has 1 saturated carbocycles. The van der Waals surface area contributed by atoms with E-state index in [1.807, 2.05) is 0 Å². The minimum Gasteiger partial charge on any atom is -0.329 e. The zero-order valence-electron chi connectivity index (χ0n) is 14.9. The van der Waals surface area contributed by atoms with Crippen molar-refractivity contribution in [2.24, 2.45) is 34.8 Å². The van der Waals surface area contributed by atoms with Crippen LogP contribution in [0.25, 0.3) is 0 Å². The molecule has 0 saturated heterocycles. The van der Waals surface area contributed by atoms with Crippen molar-refractivity contribution in [1.82, 2.24) is 5.32 Å². The van der Waals surface area contributed by atoms with Gasteiger partial charge in [-0.25, -0.2) is 0 Å². The monoisotopic (exact) mass is 282 g/mol. The fraction of sp³-hybridized carbons (Fsp3) is 1.00. The molecule has 0 bridgehead atoms. The number of hydrogen-bond donors (Lipinski definition) is 2. The van der Waals surface area contributed by atoms with E-state index in [0.29, 0.717) is 11.3 Å². The van der Waals surface area contributed by atoms with E-state index < -0.39 is 0 Å². The van der Waals surface area contributed by atoms with Crippen molar-refractivity contribution in [3.8, 4) is 0 Å². The van der Waals surface area contributed by atoms with Crippen LogP contribution in [0.5, 0.6) is 0 Å². The SMILES string of the molecule is CC(C)C(CNC1(CN)CCC(C)(C)CC1C)C(C)C. The highest BCUT2D eigenvalue weighted by Gasteiger charge is 2.42. The molecular weight excluding hydrogens is 244 g/mol. The van der Waals surface area contributed by atoms with Gasteiger partial charge in [-0.2, -0.15) is 0 Å². The first-order valence-corrected chi connectivity index (χ1v) is 8.58. The molecule has 1 fully saturated rings. The predicted octanol–water partition coefficient (Wildman–Crippen LogP) is 4.05. The Balaban J connectivity index is 2.71. The summed E-state index contributed by atoms with van der Waals surface area (Å²) in [4.78, 5) is 0. The van der Waals surface area contributed by atoms with Crippen molar-refractivity contribution in [3.05, 3.63) is 0 Å². The van der Waals surface area contributed by atoms with Gasteiger partial charge in [0.05, 0.1) is 0 Å². The normalized spacial score (nSPS) is 30.4. The molecule has 0 radical (unpaired) electrons. The molecular formula is C18H38N2. The Morgan fingerprint density at radius 1 is 1.10 bits per heavy atom. The summed E-state index contributed by atoms with van der Waals surface area (Å²) in [5.41, 5.74) is 6.84. The zero-order valence-corrected chi connectivity index (χ0v) is 14.9. The van der Waals surface area contributed by atoms with Gasteiger partial charge in [0.2, 0.25) is 0 Å². The van der Waals surface area contributed by atoms with Gasteiger partial charge in [-0.15, -0.1) is 0 Å². The number of nitrogens with two attached hydrogens (primary N) is 1. The standard InChI is InChI=1S/C18H38N2/c1-13(2)16(14(3)4)11-20-18(12-19)9-8-17(6,7)10-15(18)5/h13-16,20H,8-12,19H2,1-7H3. The first-order valence-electron chi connectivity index (χ1n) is 8.58. The molecule has 1 aliphatic rings. The minimum absolute atomic E-state index is 0.164. The van der Waals surface area contributed by atoms with Gasteiger partial charge in [-0.05, 0) is 54.9 Å². The summed E-state index contributed by atoms with van der Waals surface area (Å²) >= 11 is 0. The summed E-state index contributed by atoms with van der Waals surface area (Å²) in [6.45, 7) is 18.4. The third-order valence-electron chi connectivity index (χ3n) is 5.82. The smallest absolute Gasteiger partial charge is 0.0330 e. The number of nitrogens with one attached hydrogen (secondary N) is 1. The summed E-state index contributed by atoms with van der Waals surface area (Å²) in [6, 6.07) is 0. The molecule has 120 valence electrons. The molecule has 0 spiro atoms. The van der Waals surface area contributed by atoms with E-state index in [9.17, 15) is 0 Å². The molecule has 0 aliphatic heterocycles. The maximum absolute atomic E-state index is 6.19. The van der Waals surface area contributed by atoms with Crippen LogP contribution >= 0.6 is 0 Å². The molecule has 1 aliphatic carbocycles. The second kappa shape index (κ2) is 6.79. The van der Waals surface area contributed by atoms with Gasteiger partial charge in [-0.3, -0.25) is 0 Å². The van der Waals surface area contributed by atoms with E-state index in [1.165, 1.54) is 19.3 Å². The summed E-state index contributed by atoms with van der Waals surface area (Å²) in [6.07, 6.45) is 3.79. The first kappa shape index (κ1) is 18.0. The Morgan fingerprint density at radius 2 is 1.65 bits per heavy atom. The van der Waals surface area contributed by atoms with E-state index in [4.69, 9.17) is 5.73 Å². The van der Waals surface area contributed by atoms with Crippen LogP contribution in [0, 0.1) is 29.1 Å². The van der Waals surface area contributed by atoms with E-state index in [1.54, 1.807) is 0 Å². The Kier molecular flexibility index (Phi) is 6.10. The lowest BCUT2D eigenvalue weighted by Gasteiger charge is -2.49. The molecule has 2 nitrogen and oxygen atoms in total. The van der Waals surface area contributed by atoms with Gasteiger partial charge in [-0.1, -0.05) is 48.5 Å². The van der Waals surface area contributed by atoms with Gasteiger partial charge >= 0.3 is 0 Å². The van der Waals surface area contributed by atoms with E-state index in [2.05, 4.69) is 53.8 Å². The highest BCUT2D eigenvalue weighted by molar-refractivity contribution is 5.00. The molecule has 2 atom stereocenters. The molecule has 3 N–H and O–H groups in total. The Hall–Kier alpha value is -0.0800. The van der Waals surface area contributed by atoms with Crippen LogP contribution < -0.4 is 11.1 Å². The fourth-order valence-electron chi connectivity index (χ4n) is 4.13. The molecule has 0 aromatic heterocycles. The molecule has 2 heteroatoms. The Labute approximate surface area is 127 Å².